The Hall–Kier alpha value is -2.67. The lowest BCUT2D eigenvalue weighted by molar-refractivity contribution is -0.123. The van der Waals surface area contributed by atoms with Crippen LogP contribution in [0.1, 0.15) is 30.8 Å². The number of hydrogen-bond donors (Lipinski definition) is 1. The Labute approximate surface area is 161 Å². The van der Waals surface area contributed by atoms with E-state index < -0.39 is 5.54 Å². The second-order valence-electron chi connectivity index (χ2n) is 6.95. The minimum Gasteiger partial charge on any atom is -0.321 e. The smallest absolute Gasteiger partial charge is 0.251 e. The number of rotatable bonds is 5. The van der Waals surface area contributed by atoms with Crippen LogP contribution in [0.4, 0.5) is 10.1 Å². The second-order valence-corrected chi connectivity index (χ2v) is 7.38. The zero-order valence-corrected chi connectivity index (χ0v) is 16.4. The molecule has 0 radical (unpaired) electrons. The third kappa shape index (κ3) is 3.88. The van der Waals surface area contributed by atoms with E-state index in [0.29, 0.717) is 22.9 Å². The van der Waals surface area contributed by atoms with Gasteiger partial charge in [0.15, 0.2) is 0 Å². The molecular weight excluding hydrogens is 369 g/mol. The highest BCUT2D eigenvalue weighted by Gasteiger charge is 2.32. The van der Waals surface area contributed by atoms with Crippen LogP contribution >= 0.6 is 11.6 Å². The summed E-state index contributed by atoms with van der Waals surface area (Å²) in [6, 6.07) is 6.27. The van der Waals surface area contributed by atoms with Gasteiger partial charge in [-0.3, -0.25) is 14.2 Å². The van der Waals surface area contributed by atoms with E-state index >= 15 is 0 Å². The molecule has 1 amide bonds. The van der Waals surface area contributed by atoms with E-state index in [1.54, 1.807) is 36.9 Å². The molecule has 3 aromatic rings. The molecule has 0 spiro atoms. The van der Waals surface area contributed by atoms with Crippen molar-refractivity contribution >= 4 is 23.2 Å². The number of aryl methyl sites for hydroxylation is 1. The van der Waals surface area contributed by atoms with E-state index in [1.165, 1.54) is 23.0 Å². The first kappa shape index (κ1) is 19.1. The summed E-state index contributed by atoms with van der Waals surface area (Å²) >= 11 is 5.92. The van der Waals surface area contributed by atoms with Gasteiger partial charge in [-0.2, -0.15) is 10.2 Å². The normalized spacial score (nSPS) is 11.6. The molecule has 0 saturated carbocycles. The summed E-state index contributed by atoms with van der Waals surface area (Å²) in [5.74, 6) is -0.504. The van der Waals surface area contributed by atoms with Gasteiger partial charge in [-0.1, -0.05) is 23.7 Å². The number of anilines is 1. The molecule has 0 aliphatic carbocycles. The van der Waals surface area contributed by atoms with Crippen LogP contribution in [0.2, 0.25) is 5.02 Å². The monoisotopic (exact) mass is 389 g/mol. The summed E-state index contributed by atoms with van der Waals surface area (Å²) in [4.78, 5) is 12.9. The third-order valence-electron chi connectivity index (χ3n) is 4.55. The summed E-state index contributed by atoms with van der Waals surface area (Å²) in [6.45, 7) is 7.73. The molecule has 3 rings (SSSR count). The zero-order chi connectivity index (χ0) is 19.8. The number of amides is 1. The maximum absolute atomic E-state index is 13.1. The number of aromatic nitrogens is 4. The van der Waals surface area contributed by atoms with Gasteiger partial charge in [0.05, 0.1) is 34.8 Å². The van der Waals surface area contributed by atoms with Crippen molar-refractivity contribution in [3.05, 3.63) is 64.5 Å². The molecule has 2 aromatic heterocycles. The van der Waals surface area contributed by atoms with Crippen LogP contribution in [-0.2, 0) is 16.9 Å². The Balaban J connectivity index is 1.82. The van der Waals surface area contributed by atoms with Gasteiger partial charge in [0, 0.05) is 6.20 Å². The molecule has 142 valence electrons. The van der Waals surface area contributed by atoms with Crippen molar-refractivity contribution in [2.75, 3.05) is 5.32 Å². The van der Waals surface area contributed by atoms with Gasteiger partial charge < -0.3 is 5.32 Å². The van der Waals surface area contributed by atoms with Gasteiger partial charge in [0.2, 0.25) is 0 Å². The number of nitrogens with zero attached hydrogens (tertiary/aromatic N) is 4. The molecule has 0 aliphatic heterocycles. The predicted molar refractivity (Wildman–Crippen MR) is 102 cm³/mol. The molecule has 0 fully saturated rings. The SMILES string of the molecule is Cc1nn(Cc2ccc(F)cc2)c(C)c1NC(=O)C(C)(C)n1cc(Cl)cn1. The van der Waals surface area contributed by atoms with Crippen LogP contribution in [-0.4, -0.2) is 25.5 Å². The third-order valence-corrected chi connectivity index (χ3v) is 4.74. The summed E-state index contributed by atoms with van der Waals surface area (Å²) < 4.78 is 16.4. The highest BCUT2D eigenvalue weighted by Crippen LogP contribution is 2.24. The fraction of sp³-hybridized carbons (Fsp3) is 0.316. The van der Waals surface area contributed by atoms with Crippen molar-refractivity contribution in [1.82, 2.24) is 19.6 Å². The Bertz CT molecular complexity index is 975. The molecule has 1 N–H and O–H groups in total. The van der Waals surface area contributed by atoms with Gasteiger partial charge in [-0.25, -0.2) is 4.39 Å². The van der Waals surface area contributed by atoms with Crippen LogP contribution in [0.25, 0.3) is 0 Å². The minimum absolute atomic E-state index is 0.227. The molecule has 0 bridgehead atoms. The molecule has 0 unspecified atom stereocenters. The van der Waals surface area contributed by atoms with E-state index in [1.807, 2.05) is 13.8 Å². The second kappa shape index (κ2) is 7.15. The van der Waals surface area contributed by atoms with Crippen LogP contribution in [0.15, 0.2) is 36.7 Å². The van der Waals surface area contributed by atoms with E-state index in [4.69, 9.17) is 11.6 Å². The fourth-order valence-electron chi connectivity index (χ4n) is 2.77. The zero-order valence-electron chi connectivity index (χ0n) is 15.6. The largest absolute Gasteiger partial charge is 0.321 e. The average Bonchev–Trinajstić information content (AvgIpc) is 3.16. The standard InChI is InChI=1S/C19H21ClFN5O/c1-12-17(23-18(27)19(3,4)26-11-15(20)9-22-26)13(2)25(24-12)10-14-5-7-16(21)8-6-14/h5-9,11H,10H2,1-4H3,(H,23,27). The van der Waals surface area contributed by atoms with Crippen molar-refractivity contribution in [3.63, 3.8) is 0 Å². The van der Waals surface area contributed by atoms with Crippen LogP contribution < -0.4 is 5.32 Å². The van der Waals surface area contributed by atoms with Crippen molar-refractivity contribution in [2.45, 2.75) is 39.8 Å². The van der Waals surface area contributed by atoms with Gasteiger partial charge >= 0.3 is 0 Å². The summed E-state index contributed by atoms with van der Waals surface area (Å²) in [5, 5.41) is 12.1. The number of carbonyl (C=O) groups excluding carboxylic acids is 1. The summed E-state index contributed by atoms with van der Waals surface area (Å²) in [6.07, 6.45) is 3.10. The van der Waals surface area contributed by atoms with E-state index in [-0.39, 0.29) is 11.7 Å². The summed E-state index contributed by atoms with van der Waals surface area (Å²) in [5.41, 5.74) is 2.18. The predicted octanol–water partition coefficient (Wildman–Crippen LogP) is 3.91. The van der Waals surface area contributed by atoms with E-state index in [9.17, 15) is 9.18 Å². The van der Waals surface area contributed by atoms with E-state index in [2.05, 4.69) is 15.5 Å². The Morgan fingerprint density at radius 3 is 2.52 bits per heavy atom. The van der Waals surface area contributed by atoms with Crippen molar-refractivity contribution in [2.24, 2.45) is 0 Å². The van der Waals surface area contributed by atoms with Crippen LogP contribution in [0.5, 0.6) is 0 Å². The number of carbonyl (C=O) groups is 1. The van der Waals surface area contributed by atoms with Gasteiger partial charge in [0.1, 0.15) is 11.4 Å². The van der Waals surface area contributed by atoms with Gasteiger partial charge in [-0.05, 0) is 45.4 Å². The number of nitrogens with one attached hydrogen (secondary N) is 1. The van der Waals surface area contributed by atoms with Crippen molar-refractivity contribution in [1.29, 1.82) is 0 Å². The number of benzene rings is 1. The molecule has 27 heavy (non-hydrogen) atoms. The topological polar surface area (TPSA) is 64.7 Å². The van der Waals surface area contributed by atoms with Crippen molar-refractivity contribution < 1.29 is 9.18 Å². The summed E-state index contributed by atoms with van der Waals surface area (Å²) in [7, 11) is 0. The lowest BCUT2D eigenvalue weighted by Crippen LogP contribution is -2.40. The maximum atomic E-state index is 13.1. The maximum Gasteiger partial charge on any atom is 0.251 e. The molecule has 0 aliphatic rings. The molecule has 0 saturated heterocycles. The Morgan fingerprint density at radius 1 is 1.26 bits per heavy atom. The molecule has 1 aromatic carbocycles. The molecule has 0 atom stereocenters. The van der Waals surface area contributed by atoms with E-state index in [0.717, 1.165) is 11.3 Å². The highest BCUT2D eigenvalue weighted by atomic mass is 35.5. The van der Waals surface area contributed by atoms with Crippen LogP contribution in [0, 0.1) is 19.7 Å². The fourth-order valence-corrected chi connectivity index (χ4v) is 2.91. The molecule has 6 nitrogen and oxygen atoms in total. The molecule has 2 heterocycles. The lowest BCUT2D eigenvalue weighted by Gasteiger charge is -2.24. The number of halogens is 2. The van der Waals surface area contributed by atoms with Crippen molar-refractivity contribution in [3.8, 4) is 0 Å². The number of hydrogen-bond acceptors (Lipinski definition) is 3. The average molecular weight is 390 g/mol. The van der Waals surface area contributed by atoms with Crippen LogP contribution in [0.3, 0.4) is 0 Å². The molecule has 8 heteroatoms. The first-order valence-electron chi connectivity index (χ1n) is 8.49. The first-order valence-corrected chi connectivity index (χ1v) is 8.87. The highest BCUT2D eigenvalue weighted by molar-refractivity contribution is 6.30. The Kier molecular flexibility index (Phi) is 5.06. The lowest BCUT2D eigenvalue weighted by atomic mass is 10.0. The quantitative estimate of drug-likeness (QED) is 0.719. The molecular formula is C19H21ClFN5O. The van der Waals surface area contributed by atoms with Gasteiger partial charge in [-0.15, -0.1) is 0 Å². The minimum atomic E-state index is -0.926. The Morgan fingerprint density at radius 2 is 1.93 bits per heavy atom. The first-order chi connectivity index (χ1) is 12.7. The van der Waals surface area contributed by atoms with Gasteiger partial charge in [0.25, 0.3) is 5.91 Å².